The summed E-state index contributed by atoms with van der Waals surface area (Å²) in [6, 6.07) is 28.1. The number of hydrogen-bond acceptors (Lipinski definition) is 4. The van der Waals surface area contributed by atoms with E-state index in [9.17, 15) is 14.0 Å². The van der Waals surface area contributed by atoms with Gasteiger partial charge in [0.2, 0.25) is 5.91 Å². The van der Waals surface area contributed by atoms with Crippen LogP contribution < -0.4 is 15.8 Å². The third-order valence-electron chi connectivity index (χ3n) is 6.16. The fourth-order valence-electron chi connectivity index (χ4n) is 4.06. The number of amides is 2. The minimum absolute atomic E-state index is 0.0120. The van der Waals surface area contributed by atoms with Gasteiger partial charge in [-0.1, -0.05) is 48.5 Å². The van der Waals surface area contributed by atoms with E-state index in [-0.39, 0.29) is 18.2 Å². The van der Waals surface area contributed by atoms with E-state index >= 15 is 0 Å². The van der Waals surface area contributed by atoms with Crippen molar-refractivity contribution in [2.75, 3.05) is 12.4 Å². The molecular formula is C31H30FN3O3. The summed E-state index contributed by atoms with van der Waals surface area (Å²) in [5.41, 5.74) is 10.6. The van der Waals surface area contributed by atoms with E-state index < -0.39 is 5.82 Å². The molecule has 0 saturated heterocycles. The maximum atomic E-state index is 13.4. The molecule has 3 N–H and O–H groups in total. The second-order valence-corrected chi connectivity index (χ2v) is 8.96. The molecule has 4 aromatic carbocycles. The lowest BCUT2D eigenvalue weighted by Gasteiger charge is -2.24. The summed E-state index contributed by atoms with van der Waals surface area (Å²) in [5, 5.41) is 2.81. The molecule has 0 aliphatic rings. The summed E-state index contributed by atoms with van der Waals surface area (Å²) in [6.45, 7) is 1.26. The third-order valence-corrected chi connectivity index (χ3v) is 6.16. The number of nitrogens with one attached hydrogen (secondary N) is 1. The lowest BCUT2D eigenvalue weighted by atomic mass is 10.1. The minimum atomic E-state index is -0.397. The third kappa shape index (κ3) is 7.27. The fourth-order valence-corrected chi connectivity index (χ4v) is 4.06. The van der Waals surface area contributed by atoms with Crippen molar-refractivity contribution in [3.63, 3.8) is 0 Å². The van der Waals surface area contributed by atoms with Gasteiger partial charge in [0, 0.05) is 30.9 Å². The lowest BCUT2D eigenvalue weighted by Crippen LogP contribution is -2.31. The first-order valence-corrected chi connectivity index (χ1v) is 12.3. The first-order valence-electron chi connectivity index (χ1n) is 12.3. The Labute approximate surface area is 221 Å². The predicted molar refractivity (Wildman–Crippen MR) is 146 cm³/mol. The van der Waals surface area contributed by atoms with Gasteiger partial charge in [-0.15, -0.1) is 0 Å². The Morgan fingerprint density at radius 3 is 2.11 bits per heavy atom. The molecule has 7 heteroatoms. The molecule has 0 aliphatic heterocycles. The summed E-state index contributed by atoms with van der Waals surface area (Å²) in [4.78, 5) is 27.7. The summed E-state index contributed by atoms with van der Waals surface area (Å²) in [6.07, 6.45) is 0.256. The summed E-state index contributed by atoms with van der Waals surface area (Å²) in [5.74, 6) is 0.00542. The van der Waals surface area contributed by atoms with Crippen LogP contribution in [0.3, 0.4) is 0 Å². The number of hydrogen-bond donors (Lipinski definition) is 2. The van der Waals surface area contributed by atoms with Crippen molar-refractivity contribution in [2.24, 2.45) is 5.73 Å². The van der Waals surface area contributed by atoms with Crippen molar-refractivity contribution in [3.8, 4) is 5.75 Å². The number of carbonyl (C=O) groups is 2. The molecular weight excluding hydrogens is 481 g/mol. The molecule has 2 amide bonds. The molecule has 6 nitrogen and oxygen atoms in total. The number of methoxy groups -OCH3 is 1. The molecule has 0 saturated carbocycles. The number of rotatable bonds is 10. The van der Waals surface area contributed by atoms with Gasteiger partial charge in [0.05, 0.1) is 13.5 Å². The first kappa shape index (κ1) is 26.6. The topological polar surface area (TPSA) is 84.7 Å². The highest BCUT2D eigenvalue weighted by Gasteiger charge is 2.16. The quantitative estimate of drug-likeness (QED) is 0.302. The normalized spacial score (nSPS) is 10.6. The van der Waals surface area contributed by atoms with Crippen molar-refractivity contribution in [1.82, 2.24) is 4.90 Å². The van der Waals surface area contributed by atoms with Gasteiger partial charge in [-0.3, -0.25) is 9.59 Å². The summed E-state index contributed by atoms with van der Waals surface area (Å²) >= 11 is 0. The Kier molecular flexibility index (Phi) is 8.85. The minimum Gasteiger partial charge on any atom is -0.497 e. The maximum Gasteiger partial charge on any atom is 0.255 e. The number of nitrogens with two attached hydrogens (primary N) is 1. The standard InChI is InChI=1S/C31H30FN3O3/c1-38-29-15-7-22(8-16-29)18-30(36)35(21-25-4-2-3-24(17-25)19-33)20-23-5-13-28(14-6-23)34-31(37)26-9-11-27(32)12-10-26/h2-17H,18-21,33H2,1H3,(H,34,37). The molecule has 0 aromatic heterocycles. The number of carbonyl (C=O) groups excluding carboxylic acids is 2. The maximum absolute atomic E-state index is 13.4. The van der Waals surface area contributed by atoms with Crippen LogP contribution in [-0.2, 0) is 30.8 Å². The Balaban J connectivity index is 1.48. The average Bonchev–Trinajstić information content (AvgIpc) is 2.94. The van der Waals surface area contributed by atoms with Gasteiger partial charge in [-0.2, -0.15) is 0 Å². The van der Waals surface area contributed by atoms with Gasteiger partial charge >= 0.3 is 0 Å². The average molecular weight is 512 g/mol. The van der Waals surface area contributed by atoms with Gasteiger partial charge in [0.25, 0.3) is 5.91 Å². The van der Waals surface area contributed by atoms with E-state index in [1.165, 1.54) is 24.3 Å². The molecule has 0 aliphatic carbocycles. The first-order chi connectivity index (χ1) is 18.4. The summed E-state index contributed by atoms with van der Waals surface area (Å²) < 4.78 is 18.4. The SMILES string of the molecule is COc1ccc(CC(=O)N(Cc2ccc(NC(=O)c3ccc(F)cc3)cc2)Cc2cccc(CN)c2)cc1. The molecule has 0 fully saturated rings. The smallest absolute Gasteiger partial charge is 0.255 e. The highest BCUT2D eigenvalue weighted by Crippen LogP contribution is 2.18. The fraction of sp³-hybridized carbons (Fsp3) is 0.161. The monoisotopic (exact) mass is 511 g/mol. The molecule has 4 aromatic rings. The van der Waals surface area contributed by atoms with Crippen LogP contribution in [0, 0.1) is 5.82 Å². The second kappa shape index (κ2) is 12.7. The van der Waals surface area contributed by atoms with Crippen LogP contribution in [0.25, 0.3) is 0 Å². The van der Waals surface area contributed by atoms with E-state index in [0.717, 1.165) is 28.0 Å². The Bertz CT molecular complexity index is 1370. The van der Waals surface area contributed by atoms with E-state index in [1.54, 1.807) is 19.2 Å². The number of ether oxygens (including phenoxy) is 1. The van der Waals surface area contributed by atoms with Crippen molar-refractivity contribution < 1.29 is 18.7 Å². The molecule has 38 heavy (non-hydrogen) atoms. The van der Waals surface area contributed by atoms with Crippen molar-refractivity contribution in [3.05, 3.63) is 131 Å². The Hall–Kier alpha value is -4.49. The molecule has 0 atom stereocenters. The van der Waals surface area contributed by atoms with E-state index in [0.29, 0.717) is 30.9 Å². The van der Waals surface area contributed by atoms with Gasteiger partial charge < -0.3 is 20.7 Å². The van der Waals surface area contributed by atoms with Crippen LogP contribution in [0.2, 0.25) is 0 Å². The second-order valence-electron chi connectivity index (χ2n) is 8.96. The van der Waals surface area contributed by atoms with Crippen molar-refractivity contribution >= 4 is 17.5 Å². The van der Waals surface area contributed by atoms with E-state index in [2.05, 4.69) is 5.32 Å². The van der Waals surface area contributed by atoms with Gasteiger partial charge in [-0.05, 0) is 70.8 Å². The van der Waals surface area contributed by atoms with Crippen molar-refractivity contribution in [1.29, 1.82) is 0 Å². The van der Waals surface area contributed by atoms with Crippen LogP contribution in [0.15, 0.2) is 97.1 Å². The number of anilines is 1. The molecule has 0 bridgehead atoms. The van der Waals surface area contributed by atoms with Gasteiger partial charge in [-0.25, -0.2) is 4.39 Å². The van der Waals surface area contributed by atoms with E-state index in [4.69, 9.17) is 10.5 Å². The Morgan fingerprint density at radius 1 is 0.816 bits per heavy atom. The van der Waals surface area contributed by atoms with Crippen molar-refractivity contribution in [2.45, 2.75) is 26.1 Å². The number of halogens is 1. The van der Waals surface area contributed by atoms with Crippen LogP contribution in [0.4, 0.5) is 10.1 Å². The predicted octanol–water partition coefficient (Wildman–Crippen LogP) is 5.32. The van der Waals surface area contributed by atoms with Crippen LogP contribution >= 0.6 is 0 Å². The van der Waals surface area contributed by atoms with Crippen LogP contribution in [0.5, 0.6) is 5.75 Å². The highest BCUT2D eigenvalue weighted by molar-refractivity contribution is 6.04. The summed E-state index contributed by atoms with van der Waals surface area (Å²) in [7, 11) is 1.61. The molecule has 0 unspecified atom stereocenters. The number of benzene rings is 4. The molecule has 0 spiro atoms. The van der Waals surface area contributed by atoms with Gasteiger partial charge in [0.1, 0.15) is 11.6 Å². The molecule has 4 rings (SSSR count). The Morgan fingerprint density at radius 2 is 1.45 bits per heavy atom. The van der Waals surface area contributed by atoms with Crippen LogP contribution in [0.1, 0.15) is 32.6 Å². The largest absolute Gasteiger partial charge is 0.497 e. The van der Waals surface area contributed by atoms with E-state index in [1.807, 2.05) is 65.6 Å². The lowest BCUT2D eigenvalue weighted by molar-refractivity contribution is -0.131. The molecule has 0 heterocycles. The molecule has 194 valence electrons. The zero-order chi connectivity index (χ0) is 26.9. The zero-order valence-electron chi connectivity index (χ0n) is 21.2. The zero-order valence-corrected chi connectivity index (χ0v) is 21.2. The molecule has 0 radical (unpaired) electrons. The number of nitrogens with zero attached hydrogens (tertiary/aromatic N) is 1. The highest BCUT2D eigenvalue weighted by atomic mass is 19.1. The van der Waals surface area contributed by atoms with Crippen LogP contribution in [-0.4, -0.2) is 23.8 Å². The van der Waals surface area contributed by atoms with Gasteiger partial charge in [0.15, 0.2) is 0 Å².